The van der Waals surface area contributed by atoms with E-state index in [2.05, 4.69) is 15.9 Å². The summed E-state index contributed by atoms with van der Waals surface area (Å²) in [5.41, 5.74) is -0.129. The second kappa shape index (κ2) is 5.67. The van der Waals surface area contributed by atoms with Crippen LogP contribution in [0.2, 0.25) is 0 Å². The lowest BCUT2D eigenvalue weighted by Crippen LogP contribution is -2.14. The Kier molecular flexibility index (Phi) is 4.17. The van der Waals surface area contributed by atoms with Crippen molar-refractivity contribution < 1.29 is 14.0 Å². The molecule has 0 saturated carbocycles. The van der Waals surface area contributed by atoms with E-state index < -0.39 is 11.4 Å². The summed E-state index contributed by atoms with van der Waals surface area (Å²) < 4.78 is 5.05. The third-order valence-electron chi connectivity index (χ3n) is 2.60. The SMILES string of the molecule is O=C(CBr)c1ccc2cc(C(=O)CCl)c(=O)oc2c1. The highest BCUT2D eigenvalue weighted by Crippen LogP contribution is 2.17. The maximum atomic E-state index is 11.6. The number of carbonyl (C=O) groups is 2. The van der Waals surface area contributed by atoms with Crippen molar-refractivity contribution in [2.45, 2.75) is 0 Å². The van der Waals surface area contributed by atoms with Gasteiger partial charge in [0.05, 0.1) is 11.2 Å². The Hall–Kier alpha value is -1.46. The first-order chi connectivity index (χ1) is 9.06. The van der Waals surface area contributed by atoms with Crippen LogP contribution >= 0.6 is 27.5 Å². The number of ketones is 2. The molecule has 6 heteroatoms. The molecule has 0 bridgehead atoms. The van der Waals surface area contributed by atoms with Gasteiger partial charge in [0.15, 0.2) is 11.6 Å². The van der Waals surface area contributed by atoms with E-state index in [1.54, 1.807) is 12.1 Å². The summed E-state index contributed by atoms with van der Waals surface area (Å²) in [6, 6.07) is 6.14. The minimum atomic E-state index is -0.749. The molecule has 2 aromatic rings. The van der Waals surface area contributed by atoms with Crippen molar-refractivity contribution in [3.05, 3.63) is 45.8 Å². The van der Waals surface area contributed by atoms with Gasteiger partial charge in [-0.15, -0.1) is 11.6 Å². The van der Waals surface area contributed by atoms with Crippen LogP contribution in [-0.4, -0.2) is 22.8 Å². The van der Waals surface area contributed by atoms with E-state index >= 15 is 0 Å². The smallest absolute Gasteiger partial charge is 0.347 e. The first-order valence-electron chi connectivity index (χ1n) is 5.33. The van der Waals surface area contributed by atoms with Crippen LogP contribution in [0.3, 0.4) is 0 Å². The standard InChI is InChI=1S/C13H8BrClO4/c14-5-10(16)7-1-2-8-3-9(11(17)6-15)13(18)19-12(8)4-7/h1-4H,5-6H2. The van der Waals surface area contributed by atoms with Crippen LogP contribution in [0.4, 0.5) is 0 Å². The van der Waals surface area contributed by atoms with Gasteiger partial charge in [-0.25, -0.2) is 4.79 Å². The minimum Gasteiger partial charge on any atom is -0.422 e. The van der Waals surface area contributed by atoms with Crippen LogP contribution in [0.1, 0.15) is 20.7 Å². The molecule has 0 unspecified atom stereocenters. The van der Waals surface area contributed by atoms with E-state index in [9.17, 15) is 14.4 Å². The number of hydrogen-bond donors (Lipinski definition) is 0. The fourth-order valence-corrected chi connectivity index (χ4v) is 2.10. The van der Waals surface area contributed by atoms with Gasteiger partial charge in [-0.1, -0.05) is 28.1 Å². The zero-order valence-corrected chi connectivity index (χ0v) is 12.0. The molecule has 0 atom stereocenters. The van der Waals surface area contributed by atoms with Gasteiger partial charge in [0.25, 0.3) is 0 Å². The molecule has 0 radical (unpaired) electrons. The molecular weight excluding hydrogens is 335 g/mol. The van der Waals surface area contributed by atoms with Gasteiger partial charge < -0.3 is 4.42 Å². The second-order valence-electron chi connectivity index (χ2n) is 3.81. The van der Waals surface area contributed by atoms with Crippen LogP contribution < -0.4 is 5.63 Å². The van der Waals surface area contributed by atoms with Crippen molar-refractivity contribution in [2.24, 2.45) is 0 Å². The maximum absolute atomic E-state index is 11.6. The summed E-state index contributed by atoms with van der Waals surface area (Å²) in [6.45, 7) is 0. The van der Waals surface area contributed by atoms with Gasteiger partial charge in [0, 0.05) is 10.9 Å². The van der Waals surface area contributed by atoms with Gasteiger partial charge in [0.1, 0.15) is 11.1 Å². The van der Waals surface area contributed by atoms with Crippen molar-refractivity contribution in [1.29, 1.82) is 0 Å². The lowest BCUT2D eigenvalue weighted by molar-refractivity contribution is 0.101. The van der Waals surface area contributed by atoms with Gasteiger partial charge in [-0.05, 0) is 12.1 Å². The third kappa shape index (κ3) is 2.77. The molecule has 1 aromatic heterocycles. The molecule has 0 aliphatic carbocycles. The molecule has 1 heterocycles. The molecule has 0 amide bonds. The zero-order valence-electron chi connectivity index (χ0n) is 9.61. The molecule has 0 N–H and O–H groups in total. The molecule has 19 heavy (non-hydrogen) atoms. The number of carbonyl (C=O) groups excluding carboxylic acids is 2. The van der Waals surface area contributed by atoms with Crippen LogP contribution in [0, 0.1) is 0 Å². The predicted octanol–water partition coefficient (Wildman–Crippen LogP) is 2.79. The normalized spacial score (nSPS) is 10.6. The van der Waals surface area contributed by atoms with Crippen molar-refractivity contribution in [1.82, 2.24) is 0 Å². The van der Waals surface area contributed by atoms with E-state index in [1.165, 1.54) is 12.1 Å². The Morgan fingerprint density at radius 3 is 2.58 bits per heavy atom. The van der Waals surface area contributed by atoms with Gasteiger partial charge in [-0.3, -0.25) is 9.59 Å². The number of fused-ring (bicyclic) bond motifs is 1. The number of Topliss-reactive ketones (excluding diaryl/α,β-unsaturated/α-hetero) is 2. The molecule has 4 nitrogen and oxygen atoms in total. The highest BCUT2D eigenvalue weighted by molar-refractivity contribution is 9.09. The first-order valence-corrected chi connectivity index (χ1v) is 6.98. The molecular formula is C13H8BrClO4. The van der Waals surface area contributed by atoms with Crippen LogP contribution in [0.15, 0.2) is 33.5 Å². The lowest BCUT2D eigenvalue weighted by Gasteiger charge is -2.02. The molecule has 2 rings (SSSR count). The molecule has 0 saturated heterocycles. The summed E-state index contributed by atoms with van der Waals surface area (Å²) in [5, 5.41) is 0.755. The van der Waals surface area contributed by atoms with Crippen molar-refractivity contribution in [3.63, 3.8) is 0 Å². The van der Waals surface area contributed by atoms with Crippen molar-refractivity contribution in [3.8, 4) is 0 Å². The predicted molar refractivity (Wildman–Crippen MR) is 75.7 cm³/mol. The fourth-order valence-electron chi connectivity index (χ4n) is 1.63. The summed E-state index contributed by atoms with van der Waals surface area (Å²) in [4.78, 5) is 34.6. The first kappa shape index (κ1) is 14.0. The van der Waals surface area contributed by atoms with E-state index in [0.29, 0.717) is 10.9 Å². The Bertz CT molecular complexity index is 720. The number of halogens is 2. The number of rotatable bonds is 4. The van der Waals surface area contributed by atoms with Crippen LogP contribution in [-0.2, 0) is 0 Å². The Labute approximate surface area is 121 Å². The number of alkyl halides is 2. The van der Waals surface area contributed by atoms with E-state index in [1.807, 2.05) is 0 Å². The Balaban J connectivity index is 2.61. The van der Waals surface area contributed by atoms with E-state index in [-0.39, 0.29) is 28.1 Å². The summed E-state index contributed by atoms with van der Waals surface area (Å²) >= 11 is 8.48. The molecule has 0 aliphatic rings. The maximum Gasteiger partial charge on any atom is 0.347 e. The quantitative estimate of drug-likeness (QED) is 0.486. The highest BCUT2D eigenvalue weighted by Gasteiger charge is 2.13. The van der Waals surface area contributed by atoms with Crippen LogP contribution in [0.25, 0.3) is 11.0 Å². The Morgan fingerprint density at radius 1 is 1.21 bits per heavy atom. The van der Waals surface area contributed by atoms with Crippen molar-refractivity contribution in [2.75, 3.05) is 11.2 Å². The monoisotopic (exact) mass is 342 g/mol. The molecule has 1 aromatic carbocycles. The number of benzene rings is 1. The largest absolute Gasteiger partial charge is 0.422 e. The summed E-state index contributed by atoms with van der Waals surface area (Å²) in [5.74, 6) is -0.889. The number of hydrogen-bond acceptors (Lipinski definition) is 4. The molecule has 98 valence electrons. The topological polar surface area (TPSA) is 64.3 Å². The Morgan fingerprint density at radius 2 is 1.95 bits per heavy atom. The van der Waals surface area contributed by atoms with E-state index in [4.69, 9.17) is 16.0 Å². The second-order valence-corrected chi connectivity index (χ2v) is 4.64. The molecule has 0 spiro atoms. The van der Waals surface area contributed by atoms with Gasteiger partial charge in [0.2, 0.25) is 0 Å². The minimum absolute atomic E-state index is 0.0814. The lowest BCUT2D eigenvalue weighted by atomic mass is 10.1. The highest BCUT2D eigenvalue weighted by atomic mass is 79.9. The van der Waals surface area contributed by atoms with Crippen molar-refractivity contribution >= 4 is 50.1 Å². The van der Waals surface area contributed by atoms with Gasteiger partial charge in [-0.2, -0.15) is 0 Å². The van der Waals surface area contributed by atoms with E-state index in [0.717, 1.165) is 0 Å². The van der Waals surface area contributed by atoms with Gasteiger partial charge >= 0.3 is 5.63 Å². The average molecular weight is 344 g/mol. The summed E-state index contributed by atoms with van der Waals surface area (Å²) in [6.07, 6.45) is 0. The third-order valence-corrected chi connectivity index (χ3v) is 3.35. The average Bonchev–Trinajstić information content (AvgIpc) is 2.44. The summed E-state index contributed by atoms with van der Waals surface area (Å²) in [7, 11) is 0. The van der Waals surface area contributed by atoms with Crippen LogP contribution in [0.5, 0.6) is 0 Å². The molecule has 0 aliphatic heterocycles. The fraction of sp³-hybridized carbons (Fsp3) is 0.154. The zero-order chi connectivity index (χ0) is 14.0. The molecule has 0 fully saturated rings.